The fraction of sp³-hybridized carbons (Fsp3) is 0. The monoisotopic (exact) mass is 838 g/mol. The third-order valence-corrected chi connectivity index (χ3v) is 11.2. The molecule has 0 aliphatic carbocycles. The highest BCUT2D eigenvalue weighted by Gasteiger charge is 2.19. The molecule has 0 bridgehead atoms. The highest BCUT2D eigenvalue weighted by atomic mass is 79.9. The van der Waals surface area contributed by atoms with E-state index in [1.807, 2.05) is 40.9 Å². The lowest BCUT2D eigenvalue weighted by molar-refractivity contribution is 0.992. The van der Waals surface area contributed by atoms with Gasteiger partial charge >= 0.3 is 0 Å². The average Bonchev–Trinajstić information content (AvgIpc) is 4.03. The molecule has 55 heavy (non-hydrogen) atoms. The van der Waals surface area contributed by atoms with Gasteiger partial charge in [0, 0.05) is 31.1 Å². The molecule has 0 unspecified atom stereocenters. The van der Waals surface area contributed by atoms with Gasteiger partial charge in [0.05, 0.1) is 49.8 Å². The van der Waals surface area contributed by atoms with Crippen LogP contribution in [0.1, 0.15) is 0 Å². The van der Waals surface area contributed by atoms with Gasteiger partial charge in [-0.25, -0.2) is 4.98 Å². The van der Waals surface area contributed by atoms with Gasteiger partial charge in [0.25, 0.3) is 0 Å². The Hall–Kier alpha value is -6.49. The van der Waals surface area contributed by atoms with Crippen LogP contribution in [0.4, 0.5) is 0 Å². The van der Waals surface area contributed by atoms with Gasteiger partial charge in [0.1, 0.15) is 6.33 Å². The minimum Gasteiger partial charge on any atom is -0.309 e. The van der Waals surface area contributed by atoms with Gasteiger partial charge in [-0.15, -0.1) is 0 Å². The fourth-order valence-corrected chi connectivity index (χ4v) is 8.74. The molecule has 262 valence electrons. The molecule has 0 amide bonds. The predicted octanol–water partition coefficient (Wildman–Crippen LogP) is 11.7. The molecule has 5 heterocycles. The topological polar surface area (TPSA) is 62.3 Å². The van der Waals surface area contributed by atoms with Crippen LogP contribution in [0.15, 0.2) is 179 Å². The van der Waals surface area contributed by atoms with Crippen molar-refractivity contribution >= 4 is 98.3 Å². The second-order valence-electron chi connectivity index (χ2n) is 13.4. The second-order valence-corrected chi connectivity index (χ2v) is 15.2. The summed E-state index contributed by atoms with van der Waals surface area (Å²) >= 11 is 7.16. The first kappa shape index (κ1) is 32.0. The molecular weight excluding hydrogens is 812 g/mol. The van der Waals surface area contributed by atoms with Crippen LogP contribution in [0.5, 0.6) is 0 Å². The summed E-state index contributed by atoms with van der Waals surface area (Å²) in [6.07, 6.45) is 1.58. The molecule has 12 aromatic rings. The maximum Gasteiger partial charge on any atom is 0.238 e. The second kappa shape index (κ2) is 12.5. The van der Waals surface area contributed by atoms with Gasteiger partial charge < -0.3 is 4.57 Å². The summed E-state index contributed by atoms with van der Waals surface area (Å²) in [5.74, 6) is 1.74. The first-order valence-corrected chi connectivity index (χ1v) is 19.4. The predicted molar refractivity (Wildman–Crippen MR) is 229 cm³/mol. The maximum atomic E-state index is 5.05. The van der Waals surface area contributed by atoms with Crippen LogP contribution in [0.2, 0.25) is 0 Å². The summed E-state index contributed by atoms with van der Waals surface area (Å²) in [7, 11) is 0. The molecular formula is C45H28Br2N8. The molecule has 0 saturated heterocycles. The third-order valence-electron chi connectivity index (χ3n) is 10.2. The van der Waals surface area contributed by atoms with E-state index >= 15 is 0 Å². The van der Waals surface area contributed by atoms with E-state index in [2.05, 4.69) is 187 Å². The van der Waals surface area contributed by atoms with Gasteiger partial charge in [-0.05, 0) is 97.1 Å². The summed E-state index contributed by atoms with van der Waals surface area (Å²) in [6, 6.07) is 57.0. The lowest BCUT2D eigenvalue weighted by Crippen LogP contribution is -1.96. The molecule has 0 fully saturated rings. The van der Waals surface area contributed by atoms with Gasteiger partial charge in [0.15, 0.2) is 0 Å². The lowest BCUT2D eigenvalue weighted by Gasteiger charge is -2.09. The van der Waals surface area contributed by atoms with Crippen molar-refractivity contribution in [2.24, 2.45) is 0 Å². The van der Waals surface area contributed by atoms with Crippen molar-refractivity contribution in [3.63, 3.8) is 0 Å². The number of fused-ring (bicyclic) bond motifs is 11. The Balaban J connectivity index is 0.000000156. The highest BCUT2D eigenvalue weighted by molar-refractivity contribution is 9.10. The maximum absolute atomic E-state index is 5.05. The van der Waals surface area contributed by atoms with Crippen molar-refractivity contribution in [2.75, 3.05) is 0 Å². The molecule has 0 aliphatic rings. The average molecular weight is 841 g/mol. The summed E-state index contributed by atoms with van der Waals surface area (Å²) in [4.78, 5) is 9.41. The number of para-hydroxylation sites is 7. The van der Waals surface area contributed by atoms with Crippen molar-refractivity contribution in [3.8, 4) is 17.1 Å². The fourth-order valence-electron chi connectivity index (χ4n) is 7.97. The summed E-state index contributed by atoms with van der Waals surface area (Å²) in [6.45, 7) is 0. The number of benzene rings is 7. The first-order chi connectivity index (χ1) is 27.1. The summed E-state index contributed by atoms with van der Waals surface area (Å²) < 4.78 is 12.9. The SMILES string of the molecule is Brc1cccc(-n2c3ccccc3c3cc(-n4c5ccccc5n5c6ccccc6nc45)ccc32)c1.Brc1cccc(-n2c3ccccc3n3ncnc23)c1. The Morgan fingerprint density at radius 2 is 0.964 bits per heavy atom. The van der Waals surface area contributed by atoms with E-state index in [1.54, 1.807) is 6.33 Å². The number of imidazole rings is 3. The van der Waals surface area contributed by atoms with Crippen molar-refractivity contribution in [1.82, 2.24) is 37.7 Å². The van der Waals surface area contributed by atoms with E-state index in [9.17, 15) is 0 Å². The van der Waals surface area contributed by atoms with E-state index in [1.165, 1.54) is 21.8 Å². The van der Waals surface area contributed by atoms with Gasteiger partial charge in [-0.1, -0.05) is 98.6 Å². The summed E-state index contributed by atoms with van der Waals surface area (Å²) in [5, 5.41) is 6.74. The van der Waals surface area contributed by atoms with E-state index < -0.39 is 0 Å². The molecule has 7 aromatic carbocycles. The Kier molecular flexibility index (Phi) is 7.30. The minimum atomic E-state index is 0.819. The Labute approximate surface area is 330 Å². The van der Waals surface area contributed by atoms with Crippen molar-refractivity contribution < 1.29 is 0 Å². The molecule has 10 heteroatoms. The molecule has 12 rings (SSSR count). The van der Waals surface area contributed by atoms with Gasteiger partial charge in [-0.2, -0.15) is 14.6 Å². The van der Waals surface area contributed by atoms with Gasteiger partial charge in [0.2, 0.25) is 11.6 Å². The number of rotatable bonds is 3. The molecule has 8 nitrogen and oxygen atoms in total. The lowest BCUT2D eigenvalue weighted by atomic mass is 10.1. The number of halogens is 2. The number of nitrogens with zero attached hydrogens (tertiary/aromatic N) is 8. The van der Waals surface area contributed by atoms with E-state index in [0.717, 1.165) is 70.7 Å². The highest BCUT2D eigenvalue weighted by Crippen LogP contribution is 2.36. The van der Waals surface area contributed by atoms with Crippen LogP contribution < -0.4 is 0 Å². The van der Waals surface area contributed by atoms with Crippen LogP contribution >= 0.6 is 31.9 Å². The van der Waals surface area contributed by atoms with Crippen LogP contribution in [0.25, 0.3) is 83.5 Å². The van der Waals surface area contributed by atoms with E-state index in [0.29, 0.717) is 0 Å². The number of hydrogen-bond donors (Lipinski definition) is 0. The Bertz CT molecular complexity index is 3440. The molecule has 0 aliphatic heterocycles. The normalized spacial score (nSPS) is 11.8. The van der Waals surface area contributed by atoms with Gasteiger partial charge in [-0.3, -0.25) is 13.5 Å². The Morgan fingerprint density at radius 3 is 1.71 bits per heavy atom. The first-order valence-electron chi connectivity index (χ1n) is 17.8. The van der Waals surface area contributed by atoms with Crippen LogP contribution in [-0.2, 0) is 0 Å². The van der Waals surface area contributed by atoms with Crippen molar-refractivity contribution in [1.29, 1.82) is 0 Å². The zero-order valence-electron chi connectivity index (χ0n) is 29.0. The molecule has 0 saturated carbocycles. The molecule has 0 atom stereocenters. The smallest absolute Gasteiger partial charge is 0.238 e. The summed E-state index contributed by atoms with van der Waals surface area (Å²) in [5.41, 5.74) is 12.2. The zero-order valence-corrected chi connectivity index (χ0v) is 32.2. The van der Waals surface area contributed by atoms with Crippen LogP contribution in [0.3, 0.4) is 0 Å². The molecule has 0 spiro atoms. The van der Waals surface area contributed by atoms with Crippen molar-refractivity contribution in [3.05, 3.63) is 179 Å². The Morgan fingerprint density at radius 1 is 0.400 bits per heavy atom. The number of aromatic nitrogens is 8. The number of hydrogen-bond acceptors (Lipinski definition) is 3. The molecule has 5 aromatic heterocycles. The largest absolute Gasteiger partial charge is 0.309 e. The minimum absolute atomic E-state index is 0.819. The quantitative estimate of drug-likeness (QED) is 0.178. The van der Waals surface area contributed by atoms with Crippen LogP contribution in [-0.4, -0.2) is 37.7 Å². The van der Waals surface area contributed by atoms with Crippen molar-refractivity contribution in [2.45, 2.75) is 0 Å². The van der Waals surface area contributed by atoms with E-state index in [4.69, 9.17) is 4.98 Å². The third kappa shape index (κ3) is 4.98. The molecule has 0 N–H and O–H groups in total. The van der Waals surface area contributed by atoms with E-state index in [-0.39, 0.29) is 0 Å². The zero-order chi connectivity index (χ0) is 36.6. The molecule has 0 radical (unpaired) electrons. The standard InChI is InChI=1S/C31H19BrN4.C14H9BrN4/c32-20-8-7-9-21(18-20)34-26-12-3-1-10-23(26)24-19-22(16-17-27(24)34)35-29-14-5-6-15-30(29)36-28-13-4-2-11-25(28)33-31(35)36;15-10-4-3-5-11(8-10)18-12-6-1-2-7-13(12)19-14(18)16-9-17-19/h1-19H;1-9H. The van der Waals surface area contributed by atoms with Crippen LogP contribution in [0, 0.1) is 0 Å².